The molecule has 0 bridgehead atoms. The van der Waals surface area contributed by atoms with E-state index in [1.165, 1.54) is 4.31 Å². The quantitative estimate of drug-likeness (QED) is 0.742. The minimum absolute atomic E-state index is 0.0144. The summed E-state index contributed by atoms with van der Waals surface area (Å²) in [5.41, 5.74) is 6.14. The fourth-order valence-electron chi connectivity index (χ4n) is 1.49. The Kier molecular flexibility index (Phi) is 5.64. The van der Waals surface area contributed by atoms with Gasteiger partial charge in [-0.15, -0.1) is 0 Å². The highest BCUT2D eigenvalue weighted by molar-refractivity contribution is 7.89. The standard InChI is InChI=1S/C11H17N3O2S2/c1-2-14(9-11(12)17)18(15,16)8-6-10-5-3-4-7-13-10/h3-5,7H,2,6,8-9H2,1H3,(H2,12,17). The number of pyridine rings is 1. The zero-order valence-corrected chi connectivity index (χ0v) is 11.9. The van der Waals surface area contributed by atoms with Crippen LogP contribution < -0.4 is 5.73 Å². The van der Waals surface area contributed by atoms with Crippen LogP contribution in [0, 0.1) is 0 Å². The monoisotopic (exact) mass is 287 g/mol. The van der Waals surface area contributed by atoms with E-state index < -0.39 is 10.0 Å². The summed E-state index contributed by atoms with van der Waals surface area (Å²) >= 11 is 4.74. The molecule has 100 valence electrons. The van der Waals surface area contributed by atoms with Crippen LogP contribution in [0.2, 0.25) is 0 Å². The second-order valence-corrected chi connectivity index (χ2v) is 6.39. The van der Waals surface area contributed by atoms with Crippen molar-refractivity contribution in [3.05, 3.63) is 30.1 Å². The number of rotatable bonds is 7. The minimum Gasteiger partial charge on any atom is -0.392 e. The van der Waals surface area contributed by atoms with Crippen molar-refractivity contribution < 1.29 is 8.42 Å². The van der Waals surface area contributed by atoms with Crippen LogP contribution in [0.25, 0.3) is 0 Å². The zero-order chi connectivity index (χ0) is 13.6. The van der Waals surface area contributed by atoms with Gasteiger partial charge in [0.05, 0.1) is 17.3 Å². The summed E-state index contributed by atoms with van der Waals surface area (Å²) in [7, 11) is -3.34. The van der Waals surface area contributed by atoms with Crippen LogP contribution in [0.15, 0.2) is 24.4 Å². The maximum absolute atomic E-state index is 12.1. The molecule has 5 nitrogen and oxygen atoms in total. The van der Waals surface area contributed by atoms with Crippen LogP contribution in [0.1, 0.15) is 12.6 Å². The molecule has 1 aromatic rings. The van der Waals surface area contributed by atoms with E-state index >= 15 is 0 Å². The third kappa shape index (κ3) is 4.67. The van der Waals surface area contributed by atoms with Gasteiger partial charge in [0, 0.05) is 24.9 Å². The fraction of sp³-hybridized carbons (Fsp3) is 0.455. The summed E-state index contributed by atoms with van der Waals surface area (Å²) in [5.74, 6) is 0.0144. The highest BCUT2D eigenvalue weighted by Gasteiger charge is 2.20. The molecule has 0 aliphatic rings. The van der Waals surface area contributed by atoms with Crippen molar-refractivity contribution in [1.29, 1.82) is 0 Å². The van der Waals surface area contributed by atoms with Crippen LogP contribution >= 0.6 is 12.2 Å². The lowest BCUT2D eigenvalue weighted by molar-refractivity contribution is 0.467. The molecule has 1 aromatic heterocycles. The number of nitrogens with two attached hydrogens (primary N) is 1. The summed E-state index contributed by atoms with van der Waals surface area (Å²) in [6, 6.07) is 5.43. The first kappa shape index (κ1) is 15.0. The second-order valence-electron chi connectivity index (χ2n) is 3.78. The number of aryl methyl sites for hydroxylation is 1. The van der Waals surface area contributed by atoms with Gasteiger partial charge in [-0.1, -0.05) is 25.2 Å². The van der Waals surface area contributed by atoms with Gasteiger partial charge in [0.2, 0.25) is 10.0 Å². The van der Waals surface area contributed by atoms with Crippen molar-refractivity contribution in [2.24, 2.45) is 5.73 Å². The van der Waals surface area contributed by atoms with Gasteiger partial charge in [-0.25, -0.2) is 8.42 Å². The van der Waals surface area contributed by atoms with Crippen molar-refractivity contribution in [1.82, 2.24) is 9.29 Å². The molecule has 0 amide bonds. The largest absolute Gasteiger partial charge is 0.392 e. The molecular formula is C11H17N3O2S2. The third-order valence-electron chi connectivity index (χ3n) is 2.42. The van der Waals surface area contributed by atoms with Crippen LogP contribution in [-0.4, -0.2) is 41.5 Å². The van der Waals surface area contributed by atoms with Gasteiger partial charge in [-0.05, 0) is 12.1 Å². The van der Waals surface area contributed by atoms with Gasteiger partial charge >= 0.3 is 0 Å². The molecule has 18 heavy (non-hydrogen) atoms. The Hall–Kier alpha value is -1.05. The van der Waals surface area contributed by atoms with E-state index in [9.17, 15) is 8.42 Å². The number of hydrogen-bond acceptors (Lipinski definition) is 4. The second kappa shape index (κ2) is 6.77. The fourth-order valence-corrected chi connectivity index (χ4v) is 3.18. The molecular weight excluding hydrogens is 270 g/mol. The molecule has 0 saturated heterocycles. The first-order chi connectivity index (χ1) is 8.45. The minimum atomic E-state index is -3.34. The number of hydrogen-bond donors (Lipinski definition) is 1. The molecule has 0 saturated carbocycles. The number of nitrogens with zero attached hydrogens (tertiary/aromatic N) is 2. The molecule has 0 fully saturated rings. The Morgan fingerprint density at radius 3 is 2.72 bits per heavy atom. The number of likely N-dealkylation sites (N-methyl/N-ethyl adjacent to an activating group) is 1. The van der Waals surface area contributed by atoms with Crippen molar-refractivity contribution in [2.75, 3.05) is 18.8 Å². The molecule has 2 N–H and O–H groups in total. The highest BCUT2D eigenvalue weighted by Crippen LogP contribution is 2.05. The van der Waals surface area contributed by atoms with Crippen LogP contribution in [0.4, 0.5) is 0 Å². The molecule has 1 heterocycles. The Morgan fingerprint density at radius 2 is 2.22 bits per heavy atom. The Labute approximate surface area is 113 Å². The Balaban J connectivity index is 2.66. The summed E-state index contributed by atoms with van der Waals surface area (Å²) in [6.07, 6.45) is 2.03. The lowest BCUT2D eigenvalue weighted by atomic mass is 10.3. The van der Waals surface area contributed by atoms with E-state index in [1.807, 2.05) is 6.07 Å². The number of sulfonamides is 1. The van der Waals surface area contributed by atoms with Crippen molar-refractivity contribution >= 4 is 27.2 Å². The van der Waals surface area contributed by atoms with E-state index in [1.54, 1.807) is 25.3 Å². The van der Waals surface area contributed by atoms with E-state index in [0.29, 0.717) is 13.0 Å². The summed E-state index contributed by atoms with van der Waals surface area (Å²) < 4.78 is 25.4. The predicted molar refractivity (Wildman–Crippen MR) is 75.8 cm³/mol. The molecule has 0 aliphatic carbocycles. The summed E-state index contributed by atoms with van der Waals surface area (Å²) in [6.45, 7) is 2.22. The van der Waals surface area contributed by atoms with Crippen molar-refractivity contribution in [3.63, 3.8) is 0 Å². The molecule has 7 heteroatoms. The normalized spacial score (nSPS) is 11.7. The van der Waals surface area contributed by atoms with Crippen LogP contribution in [-0.2, 0) is 16.4 Å². The van der Waals surface area contributed by atoms with Crippen LogP contribution in [0.3, 0.4) is 0 Å². The molecule has 0 aliphatic heterocycles. The lowest BCUT2D eigenvalue weighted by Crippen LogP contribution is -2.39. The third-order valence-corrected chi connectivity index (χ3v) is 4.44. The summed E-state index contributed by atoms with van der Waals surface area (Å²) in [5, 5.41) is 0. The zero-order valence-electron chi connectivity index (χ0n) is 10.2. The molecule has 1 rings (SSSR count). The first-order valence-electron chi connectivity index (χ1n) is 5.61. The first-order valence-corrected chi connectivity index (χ1v) is 7.63. The molecule has 0 spiro atoms. The maximum Gasteiger partial charge on any atom is 0.214 e. The lowest BCUT2D eigenvalue weighted by Gasteiger charge is -2.19. The Bertz CT molecular complexity index is 488. The van der Waals surface area contributed by atoms with Gasteiger partial charge in [0.15, 0.2) is 0 Å². The molecule has 0 radical (unpaired) electrons. The molecule has 0 atom stereocenters. The van der Waals surface area contributed by atoms with Crippen molar-refractivity contribution in [2.45, 2.75) is 13.3 Å². The highest BCUT2D eigenvalue weighted by atomic mass is 32.2. The smallest absolute Gasteiger partial charge is 0.214 e. The molecule has 0 unspecified atom stereocenters. The van der Waals surface area contributed by atoms with E-state index in [2.05, 4.69) is 4.98 Å². The molecule has 0 aromatic carbocycles. The number of aromatic nitrogens is 1. The predicted octanol–water partition coefficient (Wildman–Crippen LogP) is 0.562. The van der Waals surface area contributed by atoms with E-state index in [-0.39, 0.29) is 17.3 Å². The maximum atomic E-state index is 12.1. The van der Waals surface area contributed by atoms with Crippen molar-refractivity contribution in [3.8, 4) is 0 Å². The van der Waals surface area contributed by atoms with E-state index in [0.717, 1.165) is 5.69 Å². The summed E-state index contributed by atoms with van der Waals surface area (Å²) in [4.78, 5) is 4.27. The van der Waals surface area contributed by atoms with Crippen LogP contribution in [0.5, 0.6) is 0 Å². The van der Waals surface area contributed by atoms with E-state index in [4.69, 9.17) is 18.0 Å². The number of thiocarbonyl (C=S) groups is 1. The van der Waals surface area contributed by atoms with Gasteiger partial charge < -0.3 is 5.73 Å². The SMILES string of the molecule is CCN(CC(N)=S)S(=O)(=O)CCc1ccccn1. The average molecular weight is 287 g/mol. The van der Waals surface area contributed by atoms with Gasteiger partial charge in [0.1, 0.15) is 0 Å². The Morgan fingerprint density at radius 1 is 1.50 bits per heavy atom. The van der Waals surface area contributed by atoms with Gasteiger partial charge in [0.25, 0.3) is 0 Å². The average Bonchev–Trinajstić information content (AvgIpc) is 2.34. The van der Waals surface area contributed by atoms with Gasteiger partial charge in [-0.3, -0.25) is 4.98 Å². The topological polar surface area (TPSA) is 76.3 Å². The van der Waals surface area contributed by atoms with Gasteiger partial charge in [-0.2, -0.15) is 4.31 Å².